The van der Waals surface area contributed by atoms with Gasteiger partial charge in [0.1, 0.15) is 34.9 Å². The Hall–Kier alpha value is -3.97. The van der Waals surface area contributed by atoms with Crippen LogP contribution in [0.25, 0.3) is 22.1 Å². The lowest BCUT2D eigenvalue weighted by atomic mass is 10.2. The van der Waals surface area contributed by atoms with Crippen LogP contribution >= 0.6 is 0 Å². The van der Waals surface area contributed by atoms with Crippen LogP contribution in [0, 0.1) is 11.6 Å². The number of aromatic nitrogens is 7. The number of nitrogens with one attached hydrogen (secondary N) is 1. The van der Waals surface area contributed by atoms with Gasteiger partial charge in [0.2, 0.25) is 0 Å². The molecule has 5 aromatic rings. The van der Waals surface area contributed by atoms with Crippen LogP contribution in [0.1, 0.15) is 0 Å². The molecule has 13 heteroatoms. The number of aryl methyl sites for hydroxylation is 1. The predicted molar refractivity (Wildman–Crippen MR) is 116 cm³/mol. The van der Waals surface area contributed by atoms with Gasteiger partial charge < -0.3 is 14.6 Å². The number of hydrogen-bond donors (Lipinski definition) is 1. The molecule has 0 aliphatic heterocycles. The SMILES string of the molecule is Cn1nnc2cc(Oc3cc(F)c(Nc4ncnc5cnc([S+](C)[O-])nc45)cc3F)ccc21. The molecule has 0 bridgehead atoms. The zero-order valence-corrected chi connectivity index (χ0v) is 18.0. The molecule has 1 atom stereocenters. The number of rotatable bonds is 5. The van der Waals surface area contributed by atoms with Crippen LogP contribution in [0.3, 0.4) is 0 Å². The smallest absolute Gasteiger partial charge is 0.343 e. The van der Waals surface area contributed by atoms with Crippen molar-refractivity contribution in [3.63, 3.8) is 0 Å². The molecule has 166 valence electrons. The number of nitrogens with zero attached hydrogens (tertiary/aromatic N) is 7. The van der Waals surface area contributed by atoms with Crippen LogP contribution in [0.4, 0.5) is 20.3 Å². The maximum atomic E-state index is 14.8. The van der Waals surface area contributed by atoms with E-state index >= 15 is 0 Å². The summed E-state index contributed by atoms with van der Waals surface area (Å²) in [6, 6.07) is 6.77. The highest BCUT2D eigenvalue weighted by Gasteiger charge is 2.17. The summed E-state index contributed by atoms with van der Waals surface area (Å²) >= 11 is -1.44. The Morgan fingerprint density at radius 2 is 1.91 bits per heavy atom. The molecule has 0 saturated heterocycles. The van der Waals surface area contributed by atoms with E-state index < -0.39 is 22.8 Å². The zero-order valence-electron chi connectivity index (χ0n) is 17.2. The van der Waals surface area contributed by atoms with E-state index in [4.69, 9.17) is 4.74 Å². The molecule has 33 heavy (non-hydrogen) atoms. The van der Waals surface area contributed by atoms with Crippen LogP contribution in [-0.2, 0) is 18.2 Å². The van der Waals surface area contributed by atoms with E-state index in [1.54, 1.807) is 29.9 Å². The van der Waals surface area contributed by atoms with Gasteiger partial charge in [0.05, 0.1) is 17.4 Å². The number of fused-ring (bicyclic) bond motifs is 2. The van der Waals surface area contributed by atoms with Crippen molar-refractivity contribution < 1.29 is 18.1 Å². The number of benzene rings is 2. The molecule has 3 aromatic heterocycles. The molecule has 1 N–H and O–H groups in total. The summed E-state index contributed by atoms with van der Waals surface area (Å²) in [5.41, 5.74) is 1.70. The van der Waals surface area contributed by atoms with Crippen LogP contribution in [-0.4, -0.2) is 45.7 Å². The molecule has 2 aromatic carbocycles. The van der Waals surface area contributed by atoms with Crippen molar-refractivity contribution in [1.82, 2.24) is 34.9 Å². The van der Waals surface area contributed by atoms with Gasteiger partial charge >= 0.3 is 5.16 Å². The summed E-state index contributed by atoms with van der Waals surface area (Å²) in [6.45, 7) is 0. The van der Waals surface area contributed by atoms with Crippen LogP contribution in [0.5, 0.6) is 11.5 Å². The highest BCUT2D eigenvalue weighted by Crippen LogP contribution is 2.32. The summed E-state index contributed by atoms with van der Waals surface area (Å²) in [6.07, 6.45) is 4.03. The Balaban J connectivity index is 1.45. The quantitative estimate of drug-likeness (QED) is 0.305. The normalized spacial score (nSPS) is 12.3. The lowest BCUT2D eigenvalue weighted by molar-refractivity contribution is 0.437. The van der Waals surface area contributed by atoms with Crippen LogP contribution in [0.15, 0.2) is 48.0 Å². The fraction of sp³-hybridized carbons (Fsp3) is 0.100. The topological polar surface area (TPSA) is 127 Å². The summed E-state index contributed by atoms with van der Waals surface area (Å²) in [5.74, 6) is -1.51. The van der Waals surface area contributed by atoms with Gasteiger partial charge in [-0.2, -0.15) is 9.97 Å². The van der Waals surface area contributed by atoms with Gasteiger partial charge in [-0.15, -0.1) is 5.10 Å². The summed E-state index contributed by atoms with van der Waals surface area (Å²) in [5, 5.41) is 10.6. The van der Waals surface area contributed by atoms with Gasteiger partial charge in [-0.05, 0) is 12.1 Å². The van der Waals surface area contributed by atoms with E-state index in [1.807, 2.05) is 0 Å². The largest absolute Gasteiger partial charge is 0.609 e. The van der Waals surface area contributed by atoms with E-state index in [9.17, 15) is 13.3 Å². The van der Waals surface area contributed by atoms with Crippen molar-refractivity contribution in [2.24, 2.45) is 7.05 Å². The van der Waals surface area contributed by atoms with Crippen molar-refractivity contribution in [2.45, 2.75) is 5.16 Å². The highest BCUT2D eigenvalue weighted by atomic mass is 32.2. The lowest BCUT2D eigenvalue weighted by Crippen LogP contribution is -2.06. The maximum absolute atomic E-state index is 14.8. The number of ether oxygens (including phenoxy) is 1. The highest BCUT2D eigenvalue weighted by molar-refractivity contribution is 7.90. The molecule has 10 nitrogen and oxygen atoms in total. The van der Waals surface area contributed by atoms with Crippen molar-refractivity contribution in [3.05, 3.63) is 54.5 Å². The third kappa shape index (κ3) is 3.99. The number of halogens is 2. The third-order valence-electron chi connectivity index (χ3n) is 4.70. The second-order valence-corrected chi connectivity index (χ2v) is 8.19. The average Bonchev–Trinajstić information content (AvgIpc) is 3.17. The fourth-order valence-corrected chi connectivity index (χ4v) is 3.53. The molecule has 3 heterocycles. The van der Waals surface area contributed by atoms with Crippen molar-refractivity contribution in [3.8, 4) is 11.5 Å². The first-order valence-electron chi connectivity index (χ1n) is 9.43. The Kier molecular flexibility index (Phi) is 5.18. The molecule has 0 spiro atoms. The molecule has 0 aliphatic carbocycles. The molecule has 5 rings (SSSR count). The fourth-order valence-electron chi connectivity index (χ4n) is 3.11. The van der Waals surface area contributed by atoms with Gasteiger partial charge in [-0.25, -0.2) is 23.4 Å². The van der Waals surface area contributed by atoms with E-state index in [1.165, 1.54) is 18.8 Å². The first-order valence-corrected chi connectivity index (χ1v) is 11.0. The average molecular weight is 468 g/mol. The van der Waals surface area contributed by atoms with Crippen molar-refractivity contribution in [2.75, 3.05) is 11.6 Å². The standard InChI is InChI=1S/C20H14F2N8O2S/c1-30-16-4-3-10(5-14(16)28-29-30)32-17-7-11(21)13(6-12(17)22)26-19-18-15(24-9-25-19)8-23-20(27-18)33(2)31/h3-9H,1-2H3,(H,24,25,26). The Bertz CT molecular complexity index is 1510. The Labute approximate surface area is 187 Å². The molecule has 1 unspecified atom stereocenters. The van der Waals surface area contributed by atoms with Gasteiger partial charge in [0.25, 0.3) is 0 Å². The third-order valence-corrected chi connectivity index (χ3v) is 5.41. The van der Waals surface area contributed by atoms with E-state index in [0.717, 1.165) is 17.6 Å². The van der Waals surface area contributed by atoms with E-state index in [2.05, 4.69) is 35.6 Å². The minimum Gasteiger partial charge on any atom is -0.609 e. The predicted octanol–water partition coefficient (Wildman–Crippen LogP) is 3.25. The summed E-state index contributed by atoms with van der Waals surface area (Å²) in [7, 11) is 1.74. The van der Waals surface area contributed by atoms with Gasteiger partial charge in [-0.3, -0.25) is 0 Å². The zero-order chi connectivity index (χ0) is 23.1. The molecule has 0 amide bonds. The maximum Gasteiger partial charge on any atom is 0.343 e. The first-order chi connectivity index (χ1) is 15.9. The molecule has 0 saturated carbocycles. The van der Waals surface area contributed by atoms with Crippen molar-refractivity contribution >= 4 is 44.7 Å². The minimum absolute atomic E-state index is 0.0656. The molecular formula is C20H14F2N8O2S. The van der Waals surface area contributed by atoms with Gasteiger partial charge in [0.15, 0.2) is 23.2 Å². The summed E-state index contributed by atoms with van der Waals surface area (Å²) in [4.78, 5) is 16.2. The number of hydrogen-bond acceptors (Lipinski definition) is 9. The molecule has 0 radical (unpaired) electrons. The second kappa shape index (κ2) is 8.18. The monoisotopic (exact) mass is 468 g/mol. The first kappa shape index (κ1) is 20.9. The van der Waals surface area contributed by atoms with Crippen molar-refractivity contribution in [1.29, 1.82) is 0 Å². The Morgan fingerprint density at radius 1 is 1.06 bits per heavy atom. The Morgan fingerprint density at radius 3 is 2.73 bits per heavy atom. The van der Waals surface area contributed by atoms with Crippen LogP contribution < -0.4 is 10.1 Å². The van der Waals surface area contributed by atoms with E-state index in [0.29, 0.717) is 11.0 Å². The van der Waals surface area contributed by atoms with Gasteiger partial charge in [-0.1, -0.05) is 5.21 Å². The second-order valence-electron chi connectivity index (χ2n) is 6.92. The molecule has 0 aliphatic rings. The molecular weight excluding hydrogens is 454 g/mol. The van der Waals surface area contributed by atoms with E-state index in [-0.39, 0.29) is 33.7 Å². The molecule has 0 fully saturated rings. The minimum atomic E-state index is -1.44. The number of anilines is 2. The van der Waals surface area contributed by atoms with Crippen LogP contribution in [0.2, 0.25) is 0 Å². The lowest BCUT2D eigenvalue weighted by Gasteiger charge is -2.12. The summed E-state index contributed by atoms with van der Waals surface area (Å²) < 4.78 is 48.4. The van der Waals surface area contributed by atoms with Gasteiger partial charge in [0, 0.05) is 36.4 Å².